The largest absolute Gasteiger partial charge is 0.504 e. The fraction of sp³-hybridized carbons (Fsp3) is 0.143. The first-order chi connectivity index (χ1) is 15.6. The van der Waals surface area contributed by atoms with Gasteiger partial charge in [0, 0.05) is 12.0 Å². The van der Waals surface area contributed by atoms with Crippen molar-refractivity contribution in [2.75, 3.05) is 0 Å². The number of rotatable bonds is 8. The van der Waals surface area contributed by atoms with Crippen molar-refractivity contribution in [2.24, 2.45) is 0 Å². The molecule has 4 aromatic carbocycles. The first kappa shape index (κ1) is 21.3. The van der Waals surface area contributed by atoms with Crippen molar-refractivity contribution in [1.82, 2.24) is 0 Å². The molecule has 4 aromatic rings. The molecule has 4 rings (SSSR count). The van der Waals surface area contributed by atoms with Crippen LogP contribution in [-0.4, -0.2) is 15.3 Å². The molecule has 0 bridgehead atoms. The van der Waals surface area contributed by atoms with E-state index in [9.17, 15) is 15.3 Å². The minimum absolute atomic E-state index is 0.245. The lowest BCUT2D eigenvalue weighted by molar-refractivity contribution is 0.362. The molecule has 0 spiro atoms. The van der Waals surface area contributed by atoms with Crippen LogP contribution in [0, 0.1) is 0 Å². The summed E-state index contributed by atoms with van der Waals surface area (Å²) in [5, 5.41) is 30.9. The molecule has 32 heavy (non-hydrogen) atoms. The highest BCUT2D eigenvalue weighted by Gasteiger charge is 2.17. The molecule has 4 heteroatoms. The summed E-state index contributed by atoms with van der Waals surface area (Å²) in [6, 6.07) is 29.1. The molecule has 4 nitrogen and oxygen atoms in total. The first-order valence-electron chi connectivity index (χ1n) is 10.7. The normalized spacial score (nSPS) is 10.8. The van der Waals surface area contributed by atoms with Crippen molar-refractivity contribution in [1.29, 1.82) is 0 Å². The molecule has 0 saturated carbocycles. The van der Waals surface area contributed by atoms with E-state index in [0.717, 1.165) is 29.9 Å². The Morgan fingerprint density at radius 1 is 0.531 bits per heavy atom. The van der Waals surface area contributed by atoms with Gasteiger partial charge in [0.1, 0.15) is 11.5 Å². The zero-order valence-corrected chi connectivity index (χ0v) is 17.7. The van der Waals surface area contributed by atoms with Crippen LogP contribution in [0.5, 0.6) is 28.7 Å². The molecule has 0 heterocycles. The standard InChI is InChI=1S/C28H26O4/c29-26-22(11-7-10-20-8-3-1-4-9-20)19-23(27(30)28(26)31)18-21-14-16-25(17-15-21)32-24-12-5-2-6-13-24/h1-6,8-9,12-17,19,29-31H,7,10-11,18H2. The van der Waals surface area contributed by atoms with Crippen LogP contribution in [-0.2, 0) is 19.3 Å². The number of para-hydroxylation sites is 1. The summed E-state index contributed by atoms with van der Waals surface area (Å²) in [6.07, 6.45) is 2.73. The summed E-state index contributed by atoms with van der Waals surface area (Å²) in [5.41, 5.74) is 3.40. The van der Waals surface area contributed by atoms with Crippen LogP contribution in [0.25, 0.3) is 0 Å². The summed E-state index contributed by atoms with van der Waals surface area (Å²) >= 11 is 0. The summed E-state index contributed by atoms with van der Waals surface area (Å²) in [5.74, 6) is 0.506. The number of aromatic hydroxyl groups is 3. The summed E-state index contributed by atoms with van der Waals surface area (Å²) < 4.78 is 5.82. The van der Waals surface area contributed by atoms with Crippen molar-refractivity contribution in [3.63, 3.8) is 0 Å². The van der Waals surface area contributed by atoms with Crippen LogP contribution in [0.1, 0.15) is 28.7 Å². The number of phenolic OH excluding ortho intramolecular Hbond substituents is 3. The van der Waals surface area contributed by atoms with E-state index in [1.807, 2.05) is 72.8 Å². The molecule has 0 aliphatic heterocycles. The maximum Gasteiger partial charge on any atom is 0.200 e. The van der Waals surface area contributed by atoms with E-state index < -0.39 is 5.75 Å². The third-order valence-corrected chi connectivity index (χ3v) is 5.46. The Balaban J connectivity index is 1.45. The maximum atomic E-state index is 10.4. The highest BCUT2D eigenvalue weighted by atomic mass is 16.5. The lowest BCUT2D eigenvalue weighted by Crippen LogP contribution is -1.96. The van der Waals surface area contributed by atoms with E-state index in [-0.39, 0.29) is 11.5 Å². The van der Waals surface area contributed by atoms with Crippen LogP contribution < -0.4 is 4.74 Å². The van der Waals surface area contributed by atoms with Crippen LogP contribution in [0.3, 0.4) is 0 Å². The number of phenols is 3. The van der Waals surface area contributed by atoms with Crippen molar-refractivity contribution in [2.45, 2.75) is 25.7 Å². The third-order valence-electron chi connectivity index (χ3n) is 5.46. The van der Waals surface area contributed by atoms with E-state index in [1.165, 1.54) is 5.56 Å². The average Bonchev–Trinajstić information content (AvgIpc) is 2.83. The minimum atomic E-state index is -0.457. The lowest BCUT2D eigenvalue weighted by atomic mass is 9.97. The van der Waals surface area contributed by atoms with Gasteiger partial charge in [0.15, 0.2) is 11.5 Å². The summed E-state index contributed by atoms with van der Waals surface area (Å²) in [6.45, 7) is 0. The number of benzene rings is 4. The first-order valence-corrected chi connectivity index (χ1v) is 10.7. The fourth-order valence-corrected chi connectivity index (χ4v) is 3.74. The molecule has 0 saturated heterocycles. The highest BCUT2D eigenvalue weighted by molar-refractivity contribution is 5.58. The quantitative estimate of drug-likeness (QED) is 0.287. The predicted octanol–water partition coefficient (Wildman–Crippen LogP) is 6.36. The molecule has 0 atom stereocenters. The van der Waals surface area contributed by atoms with Crippen molar-refractivity contribution >= 4 is 0 Å². The Labute approximate surface area is 188 Å². The Morgan fingerprint density at radius 2 is 1.12 bits per heavy atom. The van der Waals surface area contributed by atoms with Crippen molar-refractivity contribution in [3.05, 3.63) is 113 Å². The van der Waals surface area contributed by atoms with Crippen LogP contribution in [0.4, 0.5) is 0 Å². The molecule has 162 valence electrons. The van der Waals surface area contributed by atoms with Gasteiger partial charge in [-0.1, -0.05) is 60.7 Å². The SMILES string of the molecule is Oc1c(CCCc2ccccc2)cc(Cc2ccc(Oc3ccccc3)cc2)c(O)c1O. The molecular formula is C28H26O4. The van der Waals surface area contributed by atoms with Gasteiger partial charge in [0.25, 0.3) is 0 Å². The third kappa shape index (κ3) is 5.22. The molecule has 0 amide bonds. The molecule has 3 N–H and O–H groups in total. The number of hydrogen-bond acceptors (Lipinski definition) is 4. The Hall–Kier alpha value is -3.92. The zero-order chi connectivity index (χ0) is 22.3. The number of hydrogen-bond donors (Lipinski definition) is 3. The summed E-state index contributed by atoms with van der Waals surface area (Å²) in [7, 11) is 0. The highest BCUT2D eigenvalue weighted by Crippen LogP contribution is 2.41. The van der Waals surface area contributed by atoms with E-state index in [0.29, 0.717) is 24.0 Å². The van der Waals surface area contributed by atoms with E-state index >= 15 is 0 Å². The van der Waals surface area contributed by atoms with E-state index in [2.05, 4.69) is 12.1 Å². The molecular weight excluding hydrogens is 400 g/mol. The van der Waals surface area contributed by atoms with Gasteiger partial charge in [-0.2, -0.15) is 0 Å². The van der Waals surface area contributed by atoms with Gasteiger partial charge in [-0.25, -0.2) is 0 Å². The van der Waals surface area contributed by atoms with Gasteiger partial charge < -0.3 is 20.1 Å². The van der Waals surface area contributed by atoms with Crippen LogP contribution >= 0.6 is 0 Å². The van der Waals surface area contributed by atoms with Gasteiger partial charge in [-0.15, -0.1) is 0 Å². The van der Waals surface area contributed by atoms with Crippen molar-refractivity contribution < 1.29 is 20.1 Å². The van der Waals surface area contributed by atoms with E-state index in [1.54, 1.807) is 6.07 Å². The zero-order valence-electron chi connectivity index (χ0n) is 17.7. The number of ether oxygens (including phenoxy) is 1. The fourth-order valence-electron chi connectivity index (χ4n) is 3.74. The molecule has 0 aliphatic rings. The van der Waals surface area contributed by atoms with Gasteiger partial charge in [-0.3, -0.25) is 0 Å². The molecule has 0 fully saturated rings. The minimum Gasteiger partial charge on any atom is -0.504 e. The average molecular weight is 427 g/mol. The van der Waals surface area contributed by atoms with Gasteiger partial charge in [0.05, 0.1) is 0 Å². The predicted molar refractivity (Wildman–Crippen MR) is 126 cm³/mol. The smallest absolute Gasteiger partial charge is 0.200 e. The Morgan fingerprint density at radius 3 is 1.81 bits per heavy atom. The lowest BCUT2D eigenvalue weighted by Gasteiger charge is -2.13. The molecule has 0 radical (unpaired) electrons. The molecule has 0 unspecified atom stereocenters. The van der Waals surface area contributed by atoms with E-state index in [4.69, 9.17) is 4.74 Å². The van der Waals surface area contributed by atoms with Crippen molar-refractivity contribution in [3.8, 4) is 28.7 Å². The van der Waals surface area contributed by atoms with Gasteiger partial charge >= 0.3 is 0 Å². The molecule has 0 aromatic heterocycles. The Kier molecular flexibility index (Phi) is 6.61. The maximum absolute atomic E-state index is 10.4. The topological polar surface area (TPSA) is 69.9 Å². The van der Waals surface area contributed by atoms with Crippen LogP contribution in [0.2, 0.25) is 0 Å². The van der Waals surface area contributed by atoms with Gasteiger partial charge in [0.2, 0.25) is 5.75 Å². The second kappa shape index (κ2) is 9.92. The Bertz CT molecular complexity index is 1150. The summed E-state index contributed by atoms with van der Waals surface area (Å²) in [4.78, 5) is 0. The van der Waals surface area contributed by atoms with Crippen LogP contribution in [0.15, 0.2) is 91.0 Å². The molecule has 0 aliphatic carbocycles. The monoisotopic (exact) mass is 426 g/mol. The second-order valence-electron chi connectivity index (χ2n) is 7.82. The van der Waals surface area contributed by atoms with Gasteiger partial charge in [-0.05, 0) is 66.3 Å². The second-order valence-corrected chi connectivity index (χ2v) is 7.82. The number of aryl methyl sites for hydroxylation is 2.